The van der Waals surface area contributed by atoms with Crippen molar-refractivity contribution in [2.24, 2.45) is 5.92 Å². The first-order chi connectivity index (χ1) is 9.97. The standard InChI is InChI=1S/C14H25N5OS/c1-14(2,3)19-13(16-17-18-19)21-10-12(20)15-9-11-7-5-4-6-8-11/h11H,4-10H2,1-3H3,(H,15,20). The van der Waals surface area contributed by atoms with Gasteiger partial charge in [-0.2, -0.15) is 0 Å². The molecule has 0 saturated heterocycles. The zero-order chi connectivity index (χ0) is 15.3. The van der Waals surface area contributed by atoms with Gasteiger partial charge in [-0.1, -0.05) is 31.0 Å². The second kappa shape index (κ2) is 7.24. The number of nitrogens with one attached hydrogen (secondary N) is 1. The Labute approximate surface area is 130 Å². The van der Waals surface area contributed by atoms with Crippen molar-refractivity contribution in [3.8, 4) is 0 Å². The zero-order valence-electron chi connectivity index (χ0n) is 13.1. The summed E-state index contributed by atoms with van der Waals surface area (Å²) in [6.07, 6.45) is 6.44. The van der Waals surface area contributed by atoms with Gasteiger partial charge in [0.25, 0.3) is 0 Å². The molecule has 0 spiro atoms. The van der Waals surface area contributed by atoms with E-state index in [-0.39, 0.29) is 11.4 Å². The maximum absolute atomic E-state index is 11.9. The molecule has 2 rings (SSSR count). The van der Waals surface area contributed by atoms with E-state index in [1.54, 1.807) is 4.68 Å². The van der Waals surface area contributed by atoms with Gasteiger partial charge in [0.05, 0.1) is 11.3 Å². The molecule has 0 unspecified atom stereocenters. The zero-order valence-corrected chi connectivity index (χ0v) is 13.9. The lowest BCUT2D eigenvalue weighted by molar-refractivity contribution is -0.118. The third-order valence-electron chi connectivity index (χ3n) is 3.72. The summed E-state index contributed by atoms with van der Waals surface area (Å²) in [5, 5.41) is 15.4. The Morgan fingerprint density at radius 2 is 2.05 bits per heavy atom. The fraction of sp³-hybridized carbons (Fsp3) is 0.857. The monoisotopic (exact) mass is 311 g/mol. The molecule has 1 saturated carbocycles. The molecule has 7 heteroatoms. The summed E-state index contributed by atoms with van der Waals surface area (Å²) in [4.78, 5) is 11.9. The van der Waals surface area contributed by atoms with Crippen LogP contribution in [0.2, 0.25) is 0 Å². The summed E-state index contributed by atoms with van der Waals surface area (Å²) in [6.45, 7) is 6.92. The van der Waals surface area contributed by atoms with E-state index < -0.39 is 0 Å². The van der Waals surface area contributed by atoms with E-state index in [9.17, 15) is 4.79 Å². The van der Waals surface area contributed by atoms with Crippen molar-refractivity contribution in [3.05, 3.63) is 0 Å². The topological polar surface area (TPSA) is 72.7 Å². The lowest BCUT2D eigenvalue weighted by atomic mass is 9.89. The van der Waals surface area contributed by atoms with E-state index in [2.05, 4.69) is 20.8 Å². The number of carbonyl (C=O) groups excluding carboxylic acids is 1. The first-order valence-electron chi connectivity index (χ1n) is 7.65. The van der Waals surface area contributed by atoms with Crippen molar-refractivity contribution < 1.29 is 4.79 Å². The van der Waals surface area contributed by atoms with Crippen LogP contribution in [0.4, 0.5) is 0 Å². The van der Waals surface area contributed by atoms with E-state index >= 15 is 0 Å². The first-order valence-corrected chi connectivity index (χ1v) is 8.64. The summed E-state index contributed by atoms with van der Waals surface area (Å²) < 4.78 is 1.76. The van der Waals surface area contributed by atoms with E-state index in [0.717, 1.165) is 6.54 Å². The van der Waals surface area contributed by atoms with Crippen molar-refractivity contribution in [3.63, 3.8) is 0 Å². The molecule has 1 fully saturated rings. The van der Waals surface area contributed by atoms with Gasteiger partial charge < -0.3 is 5.32 Å². The second-order valence-electron chi connectivity index (χ2n) is 6.64. The minimum atomic E-state index is -0.176. The third-order valence-corrected chi connectivity index (χ3v) is 4.64. The number of hydrogen-bond acceptors (Lipinski definition) is 5. The van der Waals surface area contributed by atoms with E-state index in [0.29, 0.717) is 16.8 Å². The highest BCUT2D eigenvalue weighted by molar-refractivity contribution is 7.99. The summed E-state index contributed by atoms with van der Waals surface area (Å²) in [6, 6.07) is 0. The molecular formula is C14H25N5OS. The highest BCUT2D eigenvalue weighted by atomic mass is 32.2. The van der Waals surface area contributed by atoms with Crippen molar-refractivity contribution in [2.75, 3.05) is 12.3 Å². The number of aromatic nitrogens is 4. The van der Waals surface area contributed by atoms with Gasteiger partial charge in [0, 0.05) is 6.54 Å². The third kappa shape index (κ3) is 4.98. The number of thioether (sulfide) groups is 1. The Hall–Kier alpha value is -1.11. The lowest BCUT2D eigenvalue weighted by Crippen LogP contribution is -2.31. The van der Waals surface area contributed by atoms with Gasteiger partial charge >= 0.3 is 0 Å². The predicted molar refractivity (Wildman–Crippen MR) is 83.1 cm³/mol. The van der Waals surface area contributed by atoms with E-state index in [1.807, 2.05) is 20.8 Å². The fourth-order valence-corrected chi connectivity index (χ4v) is 3.41. The fourth-order valence-electron chi connectivity index (χ4n) is 2.52. The van der Waals surface area contributed by atoms with Crippen molar-refractivity contribution >= 4 is 17.7 Å². The van der Waals surface area contributed by atoms with Gasteiger partial charge in [-0.25, -0.2) is 4.68 Å². The Kier molecular flexibility index (Phi) is 5.61. The molecule has 1 N–H and O–H groups in total. The average Bonchev–Trinajstić information content (AvgIpc) is 2.92. The minimum absolute atomic E-state index is 0.0639. The van der Waals surface area contributed by atoms with Crippen molar-refractivity contribution in [2.45, 2.75) is 63.6 Å². The van der Waals surface area contributed by atoms with Crippen LogP contribution in [0.5, 0.6) is 0 Å². The van der Waals surface area contributed by atoms with Crippen LogP contribution in [-0.2, 0) is 10.3 Å². The van der Waals surface area contributed by atoms with Crippen LogP contribution in [0.3, 0.4) is 0 Å². The Morgan fingerprint density at radius 1 is 1.33 bits per heavy atom. The van der Waals surface area contributed by atoms with Crippen LogP contribution in [-0.4, -0.2) is 38.4 Å². The Morgan fingerprint density at radius 3 is 2.71 bits per heavy atom. The summed E-state index contributed by atoms with van der Waals surface area (Å²) in [5.41, 5.74) is -0.176. The molecule has 0 aromatic carbocycles. The van der Waals surface area contributed by atoms with Crippen LogP contribution in [0, 0.1) is 5.92 Å². The van der Waals surface area contributed by atoms with Crippen LogP contribution < -0.4 is 5.32 Å². The molecule has 1 aromatic heterocycles. The number of amides is 1. The molecule has 1 aliphatic carbocycles. The predicted octanol–water partition coefficient (Wildman–Crippen LogP) is 2.22. The van der Waals surface area contributed by atoms with Gasteiger partial charge in [-0.05, 0) is 50.0 Å². The van der Waals surface area contributed by atoms with Gasteiger partial charge in [0.1, 0.15) is 0 Å². The normalized spacial score (nSPS) is 16.9. The highest BCUT2D eigenvalue weighted by Gasteiger charge is 2.21. The van der Waals surface area contributed by atoms with Crippen LogP contribution >= 0.6 is 11.8 Å². The van der Waals surface area contributed by atoms with Crippen molar-refractivity contribution in [1.82, 2.24) is 25.5 Å². The van der Waals surface area contributed by atoms with E-state index in [1.165, 1.54) is 43.9 Å². The SMILES string of the molecule is CC(C)(C)n1nnnc1SCC(=O)NCC1CCCCC1. The number of hydrogen-bond donors (Lipinski definition) is 1. The molecule has 0 atom stereocenters. The molecule has 1 heterocycles. The summed E-state index contributed by atoms with van der Waals surface area (Å²) in [7, 11) is 0. The molecule has 0 aliphatic heterocycles. The molecule has 1 aromatic rings. The Bertz CT molecular complexity index is 462. The van der Waals surface area contributed by atoms with Crippen molar-refractivity contribution in [1.29, 1.82) is 0 Å². The summed E-state index contributed by atoms with van der Waals surface area (Å²) >= 11 is 1.39. The number of carbonyl (C=O) groups is 1. The second-order valence-corrected chi connectivity index (χ2v) is 7.58. The molecule has 21 heavy (non-hydrogen) atoms. The first kappa shape index (κ1) is 16.3. The van der Waals surface area contributed by atoms with Crippen LogP contribution in [0.15, 0.2) is 5.16 Å². The van der Waals surface area contributed by atoms with Gasteiger partial charge in [-0.3, -0.25) is 4.79 Å². The number of tetrazole rings is 1. The van der Waals surface area contributed by atoms with Gasteiger partial charge in [0.15, 0.2) is 0 Å². The van der Waals surface area contributed by atoms with Gasteiger partial charge in [0.2, 0.25) is 11.1 Å². The maximum atomic E-state index is 11.9. The molecule has 118 valence electrons. The molecule has 6 nitrogen and oxygen atoms in total. The molecule has 1 aliphatic rings. The number of nitrogens with zero attached hydrogens (tertiary/aromatic N) is 4. The lowest BCUT2D eigenvalue weighted by Gasteiger charge is -2.21. The van der Waals surface area contributed by atoms with Gasteiger partial charge in [-0.15, -0.1) is 5.10 Å². The number of rotatable bonds is 5. The molecular weight excluding hydrogens is 286 g/mol. The molecule has 0 bridgehead atoms. The largest absolute Gasteiger partial charge is 0.355 e. The highest BCUT2D eigenvalue weighted by Crippen LogP contribution is 2.23. The van der Waals surface area contributed by atoms with E-state index in [4.69, 9.17) is 0 Å². The molecule has 0 radical (unpaired) electrons. The smallest absolute Gasteiger partial charge is 0.230 e. The quantitative estimate of drug-likeness (QED) is 0.844. The van der Waals surface area contributed by atoms with Crippen LogP contribution in [0.25, 0.3) is 0 Å². The molecule has 1 amide bonds. The Balaban J connectivity index is 1.75. The maximum Gasteiger partial charge on any atom is 0.230 e. The average molecular weight is 311 g/mol. The van der Waals surface area contributed by atoms with Crippen LogP contribution in [0.1, 0.15) is 52.9 Å². The summed E-state index contributed by atoms with van der Waals surface area (Å²) in [5.74, 6) is 1.09. The minimum Gasteiger partial charge on any atom is -0.355 e.